The zero-order chi connectivity index (χ0) is 16.3. The van der Waals surface area contributed by atoms with Crippen LogP contribution < -0.4 is 9.88 Å². The number of primary sulfonamides is 1. The second-order valence-corrected chi connectivity index (χ2v) is 8.06. The predicted molar refractivity (Wildman–Crippen MR) is 84.6 cm³/mol. The molecule has 1 aromatic rings. The van der Waals surface area contributed by atoms with Crippen molar-refractivity contribution in [1.82, 2.24) is 0 Å². The second-order valence-electron chi connectivity index (χ2n) is 5.21. The number of ether oxygens (including phenoxy) is 1. The topological polar surface area (TPSA) is 93.2 Å². The van der Waals surface area contributed by atoms with Gasteiger partial charge in [0, 0.05) is 4.47 Å². The summed E-state index contributed by atoms with van der Waals surface area (Å²) < 4.78 is 29.1. The van der Waals surface area contributed by atoms with Gasteiger partial charge in [-0.05, 0) is 38.8 Å². The molecule has 2 N–H and O–H groups in total. The molecule has 0 saturated carbocycles. The molecule has 8 heteroatoms. The van der Waals surface area contributed by atoms with Gasteiger partial charge in [0.15, 0.2) is 5.75 Å². The molecule has 0 saturated heterocycles. The van der Waals surface area contributed by atoms with Gasteiger partial charge in [0.05, 0.1) is 23.1 Å². The Hall–Kier alpha value is -0.810. The molecule has 0 amide bonds. The average molecular weight is 396 g/mol. The average Bonchev–Trinajstić information content (AvgIpc) is 2.34. The van der Waals surface area contributed by atoms with Crippen LogP contribution in [0.2, 0.25) is 5.02 Å². The highest BCUT2D eigenvalue weighted by molar-refractivity contribution is 9.10. The number of hydrogen-bond acceptors (Lipinski definition) is 4. The molecule has 0 spiro atoms. The number of sulfonamides is 1. The molecular formula is C13H16BrClN2O3S. The van der Waals surface area contributed by atoms with Gasteiger partial charge in [-0.25, -0.2) is 13.6 Å². The van der Waals surface area contributed by atoms with Gasteiger partial charge < -0.3 is 4.74 Å². The van der Waals surface area contributed by atoms with E-state index in [9.17, 15) is 8.42 Å². The van der Waals surface area contributed by atoms with Crippen molar-refractivity contribution in [2.75, 3.05) is 6.61 Å². The summed E-state index contributed by atoms with van der Waals surface area (Å²) >= 11 is 9.17. The standard InChI is InChI=1S/C13H16BrClN2O3S/c1-13(2,8-16)4-3-5-20-12-10(15)6-9(14)7-11(12)21(17,18)19/h6-7H,3-5H2,1-2H3,(H2,17,18,19). The van der Waals surface area contributed by atoms with Crippen molar-refractivity contribution in [2.24, 2.45) is 10.6 Å². The summed E-state index contributed by atoms with van der Waals surface area (Å²) in [7, 11) is -3.94. The summed E-state index contributed by atoms with van der Waals surface area (Å²) in [6.07, 6.45) is 1.22. The van der Waals surface area contributed by atoms with Crippen LogP contribution in [-0.4, -0.2) is 15.0 Å². The number of nitriles is 1. The third-order valence-electron chi connectivity index (χ3n) is 2.78. The van der Waals surface area contributed by atoms with Gasteiger partial charge in [-0.1, -0.05) is 27.5 Å². The maximum Gasteiger partial charge on any atom is 0.241 e. The van der Waals surface area contributed by atoms with Crippen LogP contribution in [0.1, 0.15) is 26.7 Å². The van der Waals surface area contributed by atoms with Gasteiger partial charge >= 0.3 is 0 Å². The van der Waals surface area contributed by atoms with E-state index in [1.165, 1.54) is 12.1 Å². The largest absolute Gasteiger partial charge is 0.491 e. The summed E-state index contributed by atoms with van der Waals surface area (Å²) in [6, 6.07) is 5.07. The van der Waals surface area contributed by atoms with Gasteiger partial charge in [-0.3, -0.25) is 0 Å². The van der Waals surface area contributed by atoms with Crippen molar-refractivity contribution in [3.05, 3.63) is 21.6 Å². The summed E-state index contributed by atoms with van der Waals surface area (Å²) in [5.41, 5.74) is -0.449. The van der Waals surface area contributed by atoms with E-state index in [-0.39, 0.29) is 22.3 Å². The van der Waals surface area contributed by atoms with Crippen LogP contribution in [0.4, 0.5) is 0 Å². The third-order valence-corrected chi connectivity index (χ3v) is 4.43. The van der Waals surface area contributed by atoms with Crippen LogP contribution in [-0.2, 0) is 10.0 Å². The van der Waals surface area contributed by atoms with E-state index in [1.54, 1.807) is 0 Å². The molecule has 0 unspecified atom stereocenters. The highest BCUT2D eigenvalue weighted by Crippen LogP contribution is 2.35. The Labute approximate surface area is 138 Å². The molecule has 0 bridgehead atoms. The Bertz CT molecular complexity index is 669. The molecular weight excluding hydrogens is 380 g/mol. The van der Waals surface area contributed by atoms with E-state index >= 15 is 0 Å². The zero-order valence-electron chi connectivity index (χ0n) is 11.7. The molecule has 0 aliphatic heterocycles. The van der Waals surface area contributed by atoms with E-state index in [4.69, 9.17) is 26.7 Å². The number of nitrogens with two attached hydrogens (primary N) is 1. The van der Waals surface area contributed by atoms with E-state index in [1.807, 2.05) is 13.8 Å². The first-order chi connectivity index (χ1) is 9.57. The SMILES string of the molecule is CC(C)(C#N)CCCOc1c(Cl)cc(Br)cc1S(N)(=O)=O. The molecule has 0 radical (unpaired) electrons. The Kier molecular flexibility index (Phi) is 6.05. The molecule has 5 nitrogen and oxygen atoms in total. The number of nitrogens with zero attached hydrogens (tertiary/aromatic N) is 1. The van der Waals surface area contributed by atoms with E-state index < -0.39 is 15.4 Å². The molecule has 0 aliphatic rings. The van der Waals surface area contributed by atoms with Crippen molar-refractivity contribution in [3.8, 4) is 11.8 Å². The molecule has 0 heterocycles. The quantitative estimate of drug-likeness (QED) is 0.746. The number of hydrogen-bond donors (Lipinski definition) is 1. The highest BCUT2D eigenvalue weighted by Gasteiger charge is 2.20. The highest BCUT2D eigenvalue weighted by atomic mass is 79.9. The number of rotatable bonds is 6. The molecule has 0 atom stereocenters. The summed E-state index contributed by atoms with van der Waals surface area (Å²) in [5.74, 6) is 0.0390. The monoisotopic (exact) mass is 394 g/mol. The maximum atomic E-state index is 11.6. The lowest BCUT2D eigenvalue weighted by Crippen LogP contribution is -2.15. The van der Waals surface area contributed by atoms with Crippen LogP contribution in [0.15, 0.2) is 21.5 Å². The normalized spacial score (nSPS) is 12.0. The van der Waals surface area contributed by atoms with E-state index in [0.29, 0.717) is 17.3 Å². The van der Waals surface area contributed by atoms with Gasteiger partial charge in [-0.2, -0.15) is 5.26 Å². The Balaban J connectivity index is 2.88. The predicted octanol–water partition coefficient (Wildman–Crippen LogP) is 3.46. The smallest absolute Gasteiger partial charge is 0.241 e. The Morgan fingerprint density at radius 3 is 2.62 bits per heavy atom. The fourth-order valence-corrected chi connectivity index (χ4v) is 3.42. The minimum atomic E-state index is -3.94. The lowest BCUT2D eigenvalue weighted by molar-refractivity contribution is 0.278. The number of benzene rings is 1. The first-order valence-electron chi connectivity index (χ1n) is 6.13. The number of halogens is 2. The molecule has 21 heavy (non-hydrogen) atoms. The maximum absolute atomic E-state index is 11.6. The van der Waals surface area contributed by atoms with Crippen molar-refractivity contribution in [1.29, 1.82) is 5.26 Å². The van der Waals surface area contributed by atoms with Crippen molar-refractivity contribution in [2.45, 2.75) is 31.6 Å². The first kappa shape index (κ1) is 18.2. The summed E-state index contributed by atoms with van der Waals surface area (Å²) in [6.45, 7) is 3.90. The molecule has 0 fully saturated rings. The van der Waals surface area contributed by atoms with Crippen LogP contribution in [0.5, 0.6) is 5.75 Å². The minimum Gasteiger partial charge on any atom is -0.491 e. The zero-order valence-corrected chi connectivity index (χ0v) is 14.8. The lowest BCUT2D eigenvalue weighted by atomic mass is 9.90. The van der Waals surface area contributed by atoms with Crippen LogP contribution >= 0.6 is 27.5 Å². The lowest BCUT2D eigenvalue weighted by Gasteiger charge is -2.16. The van der Waals surface area contributed by atoms with Crippen LogP contribution in [0, 0.1) is 16.7 Å². The van der Waals surface area contributed by atoms with Crippen LogP contribution in [0.3, 0.4) is 0 Å². The molecule has 1 aromatic carbocycles. The molecule has 116 valence electrons. The third kappa shape index (κ3) is 5.47. The van der Waals surface area contributed by atoms with Crippen molar-refractivity contribution < 1.29 is 13.2 Å². The molecule has 0 aliphatic carbocycles. The molecule has 0 aromatic heterocycles. The fourth-order valence-electron chi connectivity index (χ4n) is 1.63. The second kappa shape index (κ2) is 6.97. The van der Waals surface area contributed by atoms with Crippen molar-refractivity contribution in [3.63, 3.8) is 0 Å². The van der Waals surface area contributed by atoms with E-state index in [2.05, 4.69) is 22.0 Å². The fraction of sp³-hybridized carbons (Fsp3) is 0.462. The van der Waals surface area contributed by atoms with Crippen molar-refractivity contribution >= 4 is 37.6 Å². The molecule has 1 rings (SSSR count). The van der Waals surface area contributed by atoms with Gasteiger partial charge in [0.25, 0.3) is 0 Å². The van der Waals surface area contributed by atoms with Crippen LogP contribution in [0.25, 0.3) is 0 Å². The van der Waals surface area contributed by atoms with Gasteiger partial charge in [0.2, 0.25) is 10.0 Å². The first-order valence-corrected chi connectivity index (χ1v) is 8.84. The van der Waals surface area contributed by atoms with E-state index in [0.717, 1.165) is 0 Å². The van der Waals surface area contributed by atoms with Gasteiger partial charge in [0.1, 0.15) is 4.90 Å². The van der Waals surface area contributed by atoms with Gasteiger partial charge in [-0.15, -0.1) is 0 Å². The minimum absolute atomic E-state index is 0.0390. The summed E-state index contributed by atoms with van der Waals surface area (Å²) in [4.78, 5) is -0.165. The Morgan fingerprint density at radius 1 is 1.48 bits per heavy atom. The summed E-state index contributed by atoms with van der Waals surface area (Å²) in [5, 5.41) is 14.2. The Morgan fingerprint density at radius 2 is 2.10 bits per heavy atom.